The van der Waals surface area contributed by atoms with Gasteiger partial charge in [0.05, 0.1) is 0 Å². The number of Topliss-reactive ketones (excluding diaryl/α,β-unsaturated/α-hetero) is 4. The zero-order valence-electron chi connectivity index (χ0n) is 57.8. The van der Waals surface area contributed by atoms with E-state index in [0.29, 0.717) is 24.0 Å². The first-order valence-electron chi connectivity index (χ1n) is 31.5. The third-order valence-corrected chi connectivity index (χ3v) is 17.1. The lowest BCUT2D eigenvalue weighted by Gasteiger charge is -2.35. The summed E-state index contributed by atoms with van der Waals surface area (Å²) in [5.41, 5.74) is 15.9. The predicted molar refractivity (Wildman–Crippen MR) is 376 cm³/mol. The summed E-state index contributed by atoms with van der Waals surface area (Å²) in [5, 5.41) is 20.0. The van der Waals surface area contributed by atoms with Crippen LogP contribution in [0, 0.1) is 33.5 Å². The fraction of sp³-hybridized carbons (Fsp3) is 0.415. The van der Waals surface area contributed by atoms with E-state index in [-0.39, 0.29) is 56.6 Å². The molecule has 4 aliphatic carbocycles. The fourth-order valence-corrected chi connectivity index (χ4v) is 12.1. The van der Waals surface area contributed by atoms with E-state index in [0.717, 1.165) is 90.9 Å². The molecule has 0 fully saturated rings. The number of hydrogen-bond donors (Lipinski definition) is 2. The first kappa shape index (κ1) is 75.1. The van der Waals surface area contributed by atoms with Gasteiger partial charge in [-0.15, -0.1) is 0 Å². The molecule has 4 aliphatic rings. The van der Waals surface area contributed by atoms with Crippen LogP contribution in [-0.2, 0) is 19.2 Å². The van der Waals surface area contributed by atoms with Crippen LogP contribution in [0.1, 0.15) is 178 Å². The molecule has 6 nitrogen and oxygen atoms in total. The Morgan fingerprint density at radius 1 is 0.307 bits per heavy atom. The van der Waals surface area contributed by atoms with Gasteiger partial charge in [0.2, 0.25) is 0 Å². The quantitative estimate of drug-likeness (QED) is 0.118. The van der Waals surface area contributed by atoms with Gasteiger partial charge in [-0.3, -0.25) is 19.2 Å². The van der Waals surface area contributed by atoms with Crippen molar-refractivity contribution in [1.29, 1.82) is 0 Å². The highest BCUT2D eigenvalue weighted by atomic mass is 16.3. The molecule has 0 aromatic carbocycles. The summed E-state index contributed by atoms with van der Waals surface area (Å²) in [4.78, 5) is 49.4. The monoisotopic (exact) mass is 1190 g/mol. The number of ketones is 4. The Balaban J connectivity index is 0.000000460. The number of allylic oxidation sites excluding steroid dienone is 42. The third-order valence-electron chi connectivity index (χ3n) is 17.1. The molecule has 0 aromatic heterocycles. The molecular formula is C82H108O6. The standard InChI is InChI=1S/C42H56O2.C40H52O4/c1-29(19-15-21-31(3)23-25-37-35(7)39(43)33(5)27-41(37,9)10)17-13-14-18-30(2)20-16-22-32(4)24-26-38-36(8)40(44)34(6)28-42(38,11)12;1-27(17-13-19-29(3)21-23-33-31(5)37(43)35(41)25-39(33,7)8)15-11-12-16-28(2)18-14-20-30(4)22-24-34-32(6)38(44)36(42)26-40(34,9)10/h13-26,33-34H,27-28H2,1-12H3;11-24,35-36,41-42H,25-26H2,1-10H3/b14-13+,19-15+,20-16+,25-23+,26-24+,29-17+,30-18+,31-21+,32-22+;12-11+,17-13+,18-14+,23-21+,24-22+,27-15+,28-16+,29-19+,30-20+. The normalized spacial score (nSPS) is 24.5. The highest BCUT2D eigenvalue weighted by Gasteiger charge is 2.39. The number of aliphatic hydroxyl groups excluding tert-OH is 2. The van der Waals surface area contributed by atoms with Crippen molar-refractivity contribution in [3.63, 3.8) is 0 Å². The SMILES string of the molecule is CC1=C(/C=C/C(C)=C/C=C/C(C)=C/C=C/C=C(C)/C=C/C=C(C)/C=C/C2=C(C)C(=O)C(C)CC2(C)C)C(C)(C)CC(C)C1=O.CC1=C(/C=C/C(C)=C/C=C/C(C)=C/C=C/C=C(C)/C=C/C=C(C)/C=C/C2=C(C)C(=O)C(O)CC2(C)C)C(C)(C)CC(O)C1=O. The van der Waals surface area contributed by atoms with Gasteiger partial charge in [-0.2, -0.15) is 0 Å². The van der Waals surface area contributed by atoms with Crippen LogP contribution >= 0.6 is 0 Å². The molecular weight excluding hydrogens is 1080 g/mol. The molecule has 4 atom stereocenters. The van der Waals surface area contributed by atoms with Gasteiger partial charge >= 0.3 is 0 Å². The number of rotatable bonds is 20. The molecule has 0 saturated carbocycles. The first-order chi connectivity index (χ1) is 40.9. The van der Waals surface area contributed by atoms with Gasteiger partial charge in [-0.25, -0.2) is 0 Å². The molecule has 0 amide bonds. The van der Waals surface area contributed by atoms with Crippen LogP contribution in [0.3, 0.4) is 0 Å². The van der Waals surface area contributed by atoms with Crippen LogP contribution in [0.25, 0.3) is 0 Å². The van der Waals surface area contributed by atoms with Crippen molar-refractivity contribution in [2.75, 3.05) is 0 Å². The summed E-state index contributed by atoms with van der Waals surface area (Å²) in [6.07, 6.45) is 58.6. The molecule has 0 spiro atoms. The van der Waals surface area contributed by atoms with E-state index in [4.69, 9.17) is 0 Å². The zero-order valence-corrected chi connectivity index (χ0v) is 57.8. The Labute approximate surface area is 532 Å². The third kappa shape index (κ3) is 23.4. The Kier molecular flexibility index (Phi) is 29.0. The number of carbonyl (C=O) groups is 4. The van der Waals surface area contributed by atoms with Crippen molar-refractivity contribution in [2.45, 2.75) is 190 Å². The van der Waals surface area contributed by atoms with E-state index in [9.17, 15) is 29.4 Å². The highest BCUT2D eigenvalue weighted by Crippen LogP contribution is 2.44. The lowest BCUT2D eigenvalue weighted by Crippen LogP contribution is -2.35. The van der Waals surface area contributed by atoms with Gasteiger partial charge in [0.1, 0.15) is 12.2 Å². The Morgan fingerprint density at radius 2 is 0.489 bits per heavy atom. The summed E-state index contributed by atoms with van der Waals surface area (Å²) in [6, 6.07) is 0. The maximum atomic E-state index is 12.5. The van der Waals surface area contributed by atoms with E-state index in [1.807, 2.05) is 102 Å². The molecule has 88 heavy (non-hydrogen) atoms. The van der Waals surface area contributed by atoms with Crippen molar-refractivity contribution >= 4 is 23.1 Å². The fourth-order valence-electron chi connectivity index (χ4n) is 12.1. The van der Waals surface area contributed by atoms with Gasteiger partial charge < -0.3 is 10.2 Å². The van der Waals surface area contributed by atoms with Crippen molar-refractivity contribution in [1.82, 2.24) is 0 Å². The molecule has 4 rings (SSSR count). The molecule has 4 unspecified atom stereocenters. The van der Waals surface area contributed by atoms with Gasteiger partial charge in [0.15, 0.2) is 23.1 Å². The van der Waals surface area contributed by atoms with E-state index in [1.165, 1.54) is 0 Å². The molecule has 0 heterocycles. The summed E-state index contributed by atoms with van der Waals surface area (Å²) >= 11 is 0. The van der Waals surface area contributed by atoms with Gasteiger partial charge in [0.25, 0.3) is 0 Å². The van der Waals surface area contributed by atoms with Gasteiger partial charge in [0, 0.05) is 11.8 Å². The summed E-state index contributed by atoms with van der Waals surface area (Å²) in [7, 11) is 0. The summed E-state index contributed by atoms with van der Waals surface area (Å²) in [5.74, 6) is 0.399. The number of hydrogen-bond acceptors (Lipinski definition) is 6. The predicted octanol–water partition coefficient (Wildman–Crippen LogP) is 20.4. The minimum Gasteiger partial charge on any atom is -0.385 e. The average molecular weight is 1190 g/mol. The van der Waals surface area contributed by atoms with Gasteiger partial charge in [-0.05, 0) is 175 Å². The van der Waals surface area contributed by atoms with E-state index in [1.54, 1.807) is 13.8 Å². The van der Waals surface area contributed by atoms with Crippen molar-refractivity contribution in [2.24, 2.45) is 33.5 Å². The lowest BCUT2D eigenvalue weighted by atomic mass is 9.68. The topological polar surface area (TPSA) is 109 Å². The first-order valence-corrected chi connectivity index (χ1v) is 31.5. The van der Waals surface area contributed by atoms with Crippen LogP contribution in [0.4, 0.5) is 0 Å². The average Bonchev–Trinajstić information content (AvgIpc) is 2.48. The van der Waals surface area contributed by atoms with E-state index in [2.05, 4.69) is 206 Å². The van der Waals surface area contributed by atoms with Crippen molar-refractivity contribution in [3.8, 4) is 0 Å². The smallest absolute Gasteiger partial charge is 0.187 e. The van der Waals surface area contributed by atoms with E-state index < -0.39 is 12.2 Å². The number of carbonyl (C=O) groups excluding carboxylic acids is 4. The second-order valence-corrected chi connectivity index (χ2v) is 27.6. The van der Waals surface area contributed by atoms with Crippen LogP contribution in [0.15, 0.2) is 259 Å². The molecule has 0 radical (unpaired) electrons. The van der Waals surface area contributed by atoms with Crippen LogP contribution in [0.2, 0.25) is 0 Å². The molecule has 472 valence electrons. The second kappa shape index (κ2) is 34.0. The minimum absolute atomic E-state index is 0.0112. The summed E-state index contributed by atoms with van der Waals surface area (Å²) < 4.78 is 0. The van der Waals surface area contributed by atoms with Crippen LogP contribution < -0.4 is 0 Å². The van der Waals surface area contributed by atoms with E-state index >= 15 is 0 Å². The maximum absolute atomic E-state index is 12.5. The highest BCUT2D eigenvalue weighted by molar-refractivity contribution is 6.01. The Hall–Kier alpha value is -7.12. The zero-order chi connectivity index (χ0) is 66.5. The molecule has 0 aromatic rings. The molecule has 0 aliphatic heterocycles. The van der Waals surface area contributed by atoms with Crippen LogP contribution in [0.5, 0.6) is 0 Å². The molecule has 0 bridgehead atoms. The van der Waals surface area contributed by atoms with Gasteiger partial charge in [-0.1, -0.05) is 284 Å². The second-order valence-electron chi connectivity index (χ2n) is 27.6. The van der Waals surface area contributed by atoms with Crippen molar-refractivity contribution in [3.05, 3.63) is 259 Å². The molecule has 2 N–H and O–H groups in total. The maximum Gasteiger partial charge on any atom is 0.187 e. The van der Waals surface area contributed by atoms with Crippen LogP contribution in [-0.4, -0.2) is 45.6 Å². The molecule has 0 saturated heterocycles. The molecule has 6 heteroatoms. The van der Waals surface area contributed by atoms with Crippen molar-refractivity contribution < 1.29 is 29.4 Å². The largest absolute Gasteiger partial charge is 0.385 e. The summed E-state index contributed by atoms with van der Waals surface area (Å²) in [6.45, 7) is 45.3. The lowest BCUT2D eigenvalue weighted by molar-refractivity contribution is -0.126. The number of aliphatic hydroxyl groups is 2. The Morgan fingerprint density at radius 3 is 0.716 bits per heavy atom. The Bertz CT molecular complexity index is 2900. The minimum atomic E-state index is -0.907.